The van der Waals surface area contributed by atoms with Crippen LogP contribution >= 0.6 is 11.6 Å². The monoisotopic (exact) mass is 280 g/mol. The van der Waals surface area contributed by atoms with Crippen LogP contribution < -0.4 is 11.1 Å². The van der Waals surface area contributed by atoms with Gasteiger partial charge in [-0.05, 0) is 30.3 Å². The summed E-state index contributed by atoms with van der Waals surface area (Å²) in [6.45, 7) is 0. The first-order chi connectivity index (χ1) is 8.99. The van der Waals surface area contributed by atoms with E-state index in [0.717, 1.165) is 0 Å². The summed E-state index contributed by atoms with van der Waals surface area (Å²) in [5.41, 5.74) is 6.36. The average Bonchev–Trinajstić information content (AvgIpc) is 2.34. The van der Waals surface area contributed by atoms with Gasteiger partial charge in [-0.3, -0.25) is 0 Å². The van der Waals surface area contributed by atoms with Crippen molar-refractivity contribution < 1.29 is 14.3 Å². The fraction of sp³-hybridized carbons (Fsp3) is 0. The van der Waals surface area contributed by atoms with Crippen molar-refractivity contribution in [3.63, 3.8) is 0 Å². The molecule has 0 fully saturated rings. The Kier molecular flexibility index (Phi) is 3.57. The van der Waals surface area contributed by atoms with Crippen LogP contribution in [-0.2, 0) is 0 Å². The van der Waals surface area contributed by atoms with Crippen LogP contribution in [0.1, 0.15) is 10.4 Å². The molecule has 0 bridgehead atoms. The number of nitrogen functional groups attached to an aromatic ring is 1. The number of nitrogens with two attached hydrogens (primary N) is 1. The summed E-state index contributed by atoms with van der Waals surface area (Å²) in [5, 5.41) is 11.6. The van der Waals surface area contributed by atoms with E-state index < -0.39 is 11.8 Å². The van der Waals surface area contributed by atoms with Gasteiger partial charge in [0.25, 0.3) is 0 Å². The van der Waals surface area contributed by atoms with Gasteiger partial charge in [-0.15, -0.1) is 0 Å². The number of aromatic carboxylic acids is 1. The molecule has 2 aromatic carbocycles. The van der Waals surface area contributed by atoms with E-state index in [2.05, 4.69) is 5.32 Å². The van der Waals surface area contributed by atoms with Crippen molar-refractivity contribution in [2.24, 2.45) is 0 Å². The predicted molar refractivity (Wildman–Crippen MR) is 72.5 cm³/mol. The zero-order chi connectivity index (χ0) is 14.0. The van der Waals surface area contributed by atoms with Crippen LogP contribution in [0, 0.1) is 5.82 Å². The lowest BCUT2D eigenvalue weighted by Crippen LogP contribution is -2.03. The van der Waals surface area contributed by atoms with Crippen molar-refractivity contribution in [2.75, 3.05) is 11.1 Å². The molecule has 0 atom stereocenters. The summed E-state index contributed by atoms with van der Waals surface area (Å²) in [6.07, 6.45) is 0. The van der Waals surface area contributed by atoms with Gasteiger partial charge in [0.2, 0.25) is 0 Å². The normalized spacial score (nSPS) is 10.2. The van der Waals surface area contributed by atoms with E-state index in [1.807, 2.05) is 0 Å². The number of hydrogen-bond acceptors (Lipinski definition) is 3. The van der Waals surface area contributed by atoms with Gasteiger partial charge in [0.05, 0.1) is 16.3 Å². The number of carbonyl (C=O) groups is 1. The van der Waals surface area contributed by atoms with E-state index in [0.29, 0.717) is 5.69 Å². The average molecular weight is 281 g/mol. The van der Waals surface area contributed by atoms with Crippen molar-refractivity contribution in [1.29, 1.82) is 0 Å². The van der Waals surface area contributed by atoms with Crippen LogP contribution in [-0.4, -0.2) is 11.1 Å². The van der Waals surface area contributed by atoms with E-state index >= 15 is 0 Å². The molecule has 0 spiro atoms. The second-order valence-electron chi connectivity index (χ2n) is 3.83. The third-order valence-corrected chi connectivity index (χ3v) is 2.80. The van der Waals surface area contributed by atoms with Gasteiger partial charge in [0, 0.05) is 11.4 Å². The lowest BCUT2D eigenvalue weighted by atomic mass is 10.1. The number of carboxylic acids is 1. The molecule has 19 heavy (non-hydrogen) atoms. The molecule has 98 valence electrons. The predicted octanol–water partition coefficient (Wildman–Crippen LogP) is 3.50. The minimum Gasteiger partial charge on any atom is -0.478 e. The van der Waals surface area contributed by atoms with Crippen molar-refractivity contribution in [2.45, 2.75) is 0 Å². The Morgan fingerprint density at radius 1 is 1.32 bits per heavy atom. The highest BCUT2D eigenvalue weighted by atomic mass is 35.5. The highest BCUT2D eigenvalue weighted by Gasteiger charge is 2.10. The quantitative estimate of drug-likeness (QED) is 0.752. The number of benzene rings is 2. The summed E-state index contributed by atoms with van der Waals surface area (Å²) in [4.78, 5) is 10.8. The SMILES string of the molecule is Nc1cc(Nc2cccc(Cl)c2F)ccc1C(=O)O. The maximum absolute atomic E-state index is 13.7. The summed E-state index contributed by atoms with van der Waals surface area (Å²) in [7, 11) is 0. The molecule has 0 amide bonds. The van der Waals surface area contributed by atoms with Crippen LogP contribution in [0.15, 0.2) is 36.4 Å². The Balaban J connectivity index is 2.32. The number of nitrogens with one attached hydrogen (secondary N) is 1. The Hall–Kier alpha value is -2.27. The van der Waals surface area contributed by atoms with Crippen molar-refractivity contribution in [3.05, 3.63) is 52.8 Å². The summed E-state index contributed by atoms with van der Waals surface area (Å²) in [6, 6.07) is 8.82. The second-order valence-corrected chi connectivity index (χ2v) is 4.24. The van der Waals surface area contributed by atoms with Crippen molar-refractivity contribution in [3.8, 4) is 0 Å². The number of hydrogen-bond donors (Lipinski definition) is 3. The molecule has 4 nitrogen and oxygen atoms in total. The molecule has 6 heteroatoms. The summed E-state index contributed by atoms with van der Waals surface area (Å²) < 4.78 is 13.7. The fourth-order valence-electron chi connectivity index (χ4n) is 1.59. The van der Waals surface area contributed by atoms with Crippen molar-refractivity contribution >= 4 is 34.6 Å². The number of anilines is 3. The van der Waals surface area contributed by atoms with Crippen LogP contribution in [0.3, 0.4) is 0 Å². The van der Waals surface area contributed by atoms with Gasteiger partial charge in [-0.25, -0.2) is 9.18 Å². The Morgan fingerprint density at radius 3 is 2.68 bits per heavy atom. The Morgan fingerprint density at radius 2 is 2.05 bits per heavy atom. The summed E-state index contributed by atoms with van der Waals surface area (Å²) >= 11 is 5.66. The minimum absolute atomic E-state index is 0.000119. The molecule has 0 aliphatic carbocycles. The first kappa shape index (κ1) is 13.2. The molecule has 0 aliphatic rings. The molecular formula is C13H10ClFN2O2. The van der Waals surface area contributed by atoms with Crippen LogP contribution in [0.5, 0.6) is 0 Å². The topological polar surface area (TPSA) is 75.3 Å². The number of carboxylic acid groups (broad SMARTS) is 1. The molecule has 2 aromatic rings. The molecule has 0 saturated heterocycles. The van der Waals surface area contributed by atoms with E-state index in [1.54, 1.807) is 6.07 Å². The Bertz CT molecular complexity index is 647. The molecular weight excluding hydrogens is 271 g/mol. The molecule has 0 aliphatic heterocycles. The first-order valence-electron chi connectivity index (χ1n) is 5.33. The maximum Gasteiger partial charge on any atom is 0.337 e. The van der Waals surface area contributed by atoms with Gasteiger partial charge in [0.15, 0.2) is 5.82 Å². The summed E-state index contributed by atoms with van der Waals surface area (Å²) in [5.74, 6) is -1.69. The number of rotatable bonds is 3. The maximum atomic E-state index is 13.7. The van der Waals surface area contributed by atoms with Crippen LogP contribution in [0.4, 0.5) is 21.5 Å². The highest BCUT2D eigenvalue weighted by molar-refractivity contribution is 6.31. The molecule has 2 rings (SSSR count). The zero-order valence-corrected chi connectivity index (χ0v) is 10.4. The molecule has 0 heterocycles. The van der Waals surface area contributed by atoms with Crippen LogP contribution in [0.25, 0.3) is 0 Å². The molecule has 0 aromatic heterocycles. The molecule has 0 saturated carbocycles. The van der Waals surface area contributed by atoms with E-state index in [9.17, 15) is 9.18 Å². The lowest BCUT2D eigenvalue weighted by molar-refractivity contribution is 0.0698. The third kappa shape index (κ3) is 2.77. The fourth-order valence-corrected chi connectivity index (χ4v) is 1.77. The first-order valence-corrected chi connectivity index (χ1v) is 5.70. The van der Waals surface area contributed by atoms with E-state index in [4.69, 9.17) is 22.4 Å². The van der Waals surface area contributed by atoms with Gasteiger partial charge in [-0.2, -0.15) is 0 Å². The van der Waals surface area contributed by atoms with E-state index in [1.165, 1.54) is 30.3 Å². The lowest BCUT2D eigenvalue weighted by Gasteiger charge is -2.10. The van der Waals surface area contributed by atoms with Gasteiger partial charge >= 0.3 is 5.97 Å². The second kappa shape index (κ2) is 5.16. The molecule has 0 radical (unpaired) electrons. The van der Waals surface area contributed by atoms with Gasteiger partial charge in [-0.1, -0.05) is 17.7 Å². The largest absolute Gasteiger partial charge is 0.478 e. The highest BCUT2D eigenvalue weighted by Crippen LogP contribution is 2.27. The zero-order valence-electron chi connectivity index (χ0n) is 9.65. The Labute approximate surface area is 113 Å². The molecule has 4 N–H and O–H groups in total. The van der Waals surface area contributed by atoms with Crippen molar-refractivity contribution in [1.82, 2.24) is 0 Å². The minimum atomic E-state index is -1.11. The van der Waals surface area contributed by atoms with Gasteiger partial charge in [0.1, 0.15) is 0 Å². The van der Waals surface area contributed by atoms with Crippen LogP contribution in [0.2, 0.25) is 5.02 Å². The molecule has 0 unspecified atom stereocenters. The standard InChI is InChI=1S/C13H10ClFN2O2/c14-9-2-1-3-11(12(9)15)17-7-4-5-8(13(18)19)10(16)6-7/h1-6,17H,16H2,(H,18,19). The number of halogens is 2. The smallest absolute Gasteiger partial charge is 0.337 e. The third-order valence-electron chi connectivity index (χ3n) is 2.51. The van der Waals surface area contributed by atoms with E-state index in [-0.39, 0.29) is 22.0 Å². The van der Waals surface area contributed by atoms with Gasteiger partial charge < -0.3 is 16.2 Å².